The molecule has 0 atom stereocenters. The molecule has 1 amide bonds. The summed E-state index contributed by atoms with van der Waals surface area (Å²) in [7, 11) is 3.20. The second kappa shape index (κ2) is 4.80. The van der Waals surface area contributed by atoms with Gasteiger partial charge in [0.05, 0.1) is 7.11 Å². The number of aryl methyl sites for hydroxylation is 1. The Morgan fingerprint density at radius 1 is 1.61 bits per heavy atom. The second-order valence-electron chi connectivity index (χ2n) is 4.54. The van der Waals surface area contributed by atoms with Crippen molar-refractivity contribution in [2.75, 3.05) is 14.2 Å². The minimum Gasteiger partial charge on any atom is -0.468 e. The Balaban J connectivity index is 2.22. The lowest BCUT2D eigenvalue weighted by molar-refractivity contribution is -0.131. The van der Waals surface area contributed by atoms with Crippen LogP contribution in [0.2, 0.25) is 0 Å². The highest BCUT2D eigenvalue weighted by Gasteiger charge is 2.30. The zero-order valence-electron chi connectivity index (χ0n) is 10.8. The summed E-state index contributed by atoms with van der Waals surface area (Å²) in [6.07, 6.45) is 2.08. The molecule has 1 aliphatic rings. The van der Waals surface area contributed by atoms with Crippen LogP contribution in [0, 0.1) is 6.92 Å². The number of rotatable bonds is 4. The van der Waals surface area contributed by atoms with Crippen LogP contribution in [-0.2, 0) is 11.3 Å². The van der Waals surface area contributed by atoms with Gasteiger partial charge in [0.25, 0.3) is 11.6 Å². The normalized spacial score (nSPS) is 14.4. The Bertz CT molecular complexity index is 520. The molecule has 0 aliphatic heterocycles. The van der Waals surface area contributed by atoms with Crippen LogP contribution in [-0.4, -0.2) is 40.6 Å². The van der Waals surface area contributed by atoms with Crippen LogP contribution in [0.15, 0.2) is 10.9 Å². The molecule has 1 heterocycles. The fourth-order valence-electron chi connectivity index (χ4n) is 1.81. The van der Waals surface area contributed by atoms with Crippen molar-refractivity contribution in [3.8, 4) is 6.01 Å². The topological polar surface area (TPSA) is 64.4 Å². The van der Waals surface area contributed by atoms with Crippen molar-refractivity contribution in [3.05, 3.63) is 22.1 Å². The number of amides is 1. The molecule has 6 nitrogen and oxygen atoms in total. The fourth-order valence-corrected chi connectivity index (χ4v) is 1.81. The van der Waals surface area contributed by atoms with Gasteiger partial charge in [0.2, 0.25) is 5.91 Å². The molecular weight excluding hydrogens is 234 g/mol. The van der Waals surface area contributed by atoms with E-state index < -0.39 is 0 Å². The number of carbonyl (C=O) groups is 1. The Morgan fingerprint density at radius 3 is 2.83 bits per heavy atom. The lowest BCUT2D eigenvalue weighted by atomic mass is 10.4. The molecule has 0 N–H and O–H groups in total. The largest absolute Gasteiger partial charge is 0.468 e. The van der Waals surface area contributed by atoms with E-state index in [1.165, 1.54) is 17.7 Å². The maximum absolute atomic E-state index is 12.0. The standard InChI is InChI=1S/C12H17N3O3/c1-8-6-10(16)15(12(13-8)18-3)7-11(17)14(2)9-4-5-9/h6,9H,4-5,7H2,1-3H3. The summed E-state index contributed by atoms with van der Waals surface area (Å²) in [4.78, 5) is 29.6. The number of nitrogens with zero attached hydrogens (tertiary/aromatic N) is 3. The smallest absolute Gasteiger partial charge is 0.299 e. The quantitative estimate of drug-likeness (QED) is 0.766. The average molecular weight is 251 g/mol. The maximum Gasteiger partial charge on any atom is 0.299 e. The molecule has 0 aromatic carbocycles. The summed E-state index contributed by atoms with van der Waals surface area (Å²) >= 11 is 0. The second-order valence-corrected chi connectivity index (χ2v) is 4.54. The van der Waals surface area contributed by atoms with Crippen molar-refractivity contribution in [1.82, 2.24) is 14.5 Å². The van der Waals surface area contributed by atoms with Crippen molar-refractivity contribution in [2.45, 2.75) is 32.4 Å². The molecule has 2 rings (SSSR count). The Hall–Kier alpha value is -1.85. The zero-order chi connectivity index (χ0) is 13.3. The van der Waals surface area contributed by atoms with E-state index in [1.54, 1.807) is 18.9 Å². The van der Waals surface area contributed by atoms with E-state index in [0.29, 0.717) is 11.7 Å². The first-order valence-electron chi connectivity index (χ1n) is 5.91. The van der Waals surface area contributed by atoms with Gasteiger partial charge in [-0.15, -0.1) is 0 Å². The van der Waals surface area contributed by atoms with Crippen LogP contribution in [0.1, 0.15) is 18.5 Å². The monoisotopic (exact) mass is 251 g/mol. The molecule has 0 bridgehead atoms. The van der Waals surface area contributed by atoms with Crippen LogP contribution in [0.5, 0.6) is 6.01 Å². The Kier molecular flexibility index (Phi) is 3.36. The summed E-state index contributed by atoms with van der Waals surface area (Å²) in [5.41, 5.74) is 0.313. The molecule has 18 heavy (non-hydrogen) atoms. The molecule has 0 unspecified atom stereocenters. The molecule has 98 valence electrons. The SMILES string of the molecule is COc1nc(C)cc(=O)n1CC(=O)N(C)C1CC1. The molecule has 0 spiro atoms. The third-order valence-electron chi connectivity index (χ3n) is 3.07. The molecule has 0 radical (unpaired) electrons. The van der Waals surface area contributed by atoms with Crippen molar-refractivity contribution in [3.63, 3.8) is 0 Å². The Morgan fingerprint density at radius 2 is 2.28 bits per heavy atom. The number of carbonyl (C=O) groups excluding carboxylic acids is 1. The van der Waals surface area contributed by atoms with Crippen LogP contribution in [0.3, 0.4) is 0 Å². The van der Waals surface area contributed by atoms with E-state index in [4.69, 9.17) is 4.74 Å². The number of ether oxygens (including phenoxy) is 1. The molecule has 1 aliphatic carbocycles. The number of methoxy groups -OCH3 is 1. The Labute approximate surface area is 105 Å². The van der Waals surface area contributed by atoms with Crippen molar-refractivity contribution in [1.29, 1.82) is 0 Å². The third-order valence-corrected chi connectivity index (χ3v) is 3.07. The first-order chi connectivity index (χ1) is 8.52. The number of hydrogen-bond acceptors (Lipinski definition) is 4. The summed E-state index contributed by atoms with van der Waals surface area (Å²) in [5.74, 6) is -0.0939. The molecular formula is C12H17N3O3. The third kappa shape index (κ3) is 2.52. The molecule has 6 heteroatoms. The fraction of sp³-hybridized carbons (Fsp3) is 0.583. The van der Waals surface area contributed by atoms with Gasteiger partial charge >= 0.3 is 0 Å². The lowest BCUT2D eigenvalue weighted by Gasteiger charge is -2.17. The molecule has 1 aromatic heterocycles. The van der Waals surface area contributed by atoms with Gasteiger partial charge in [-0.1, -0.05) is 0 Å². The highest BCUT2D eigenvalue weighted by molar-refractivity contribution is 5.76. The van der Waals surface area contributed by atoms with Gasteiger partial charge in [-0.2, -0.15) is 0 Å². The van der Waals surface area contributed by atoms with Gasteiger partial charge in [0, 0.05) is 24.8 Å². The van der Waals surface area contributed by atoms with Crippen LogP contribution < -0.4 is 10.3 Å². The van der Waals surface area contributed by atoms with Crippen molar-refractivity contribution < 1.29 is 9.53 Å². The number of aromatic nitrogens is 2. The van der Waals surface area contributed by atoms with E-state index in [2.05, 4.69) is 4.98 Å². The highest BCUT2D eigenvalue weighted by atomic mass is 16.5. The zero-order valence-corrected chi connectivity index (χ0v) is 10.8. The predicted molar refractivity (Wildman–Crippen MR) is 65.6 cm³/mol. The first kappa shape index (κ1) is 12.6. The summed E-state index contributed by atoms with van der Waals surface area (Å²) in [6, 6.07) is 1.91. The lowest BCUT2D eigenvalue weighted by Crippen LogP contribution is -2.35. The highest BCUT2D eigenvalue weighted by Crippen LogP contribution is 2.25. The van der Waals surface area contributed by atoms with E-state index in [1.807, 2.05) is 0 Å². The van der Waals surface area contributed by atoms with E-state index in [-0.39, 0.29) is 24.0 Å². The van der Waals surface area contributed by atoms with Gasteiger partial charge in [-0.05, 0) is 19.8 Å². The summed E-state index contributed by atoms with van der Waals surface area (Å²) < 4.78 is 6.30. The van der Waals surface area contributed by atoms with Gasteiger partial charge < -0.3 is 9.64 Å². The molecule has 1 aromatic rings. The van der Waals surface area contributed by atoms with Gasteiger partial charge in [0.15, 0.2) is 0 Å². The number of likely N-dealkylation sites (N-methyl/N-ethyl adjacent to an activating group) is 1. The first-order valence-corrected chi connectivity index (χ1v) is 5.91. The maximum atomic E-state index is 12.0. The van der Waals surface area contributed by atoms with Crippen LogP contribution in [0.4, 0.5) is 0 Å². The number of hydrogen-bond donors (Lipinski definition) is 0. The van der Waals surface area contributed by atoms with Crippen LogP contribution >= 0.6 is 0 Å². The van der Waals surface area contributed by atoms with Gasteiger partial charge in [-0.3, -0.25) is 14.2 Å². The predicted octanol–water partition coefficient (Wildman–Crippen LogP) is 0.181. The van der Waals surface area contributed by atoms with Gasteiger partial charge in [-0.25, -0.2) is 4.98 Å². The summed E-state index contributed by atoms with van der Waals surface area (Å²) in [6.45, 7) is 1.69. The van der Waals surface area contributed by atoms with Crippen molar-refractivity contribution >= 4 is 5.91 Å². The summed E-state index contributed by atoms with van der Waals surface area (Å²) in [5, 5.41) is 0. The average Bonchev–Trinajstić information content (AvgIpc) is 3.15. The molecule has 0 saturated heterocycles. The van der Waals surface area contributed by atoms with Gasteiger partial charge in [0.1, 0.15) is 6.54 Å². The van der Waals surface area contributed by atoms with E-state index in [0.717, 1.165) is 12.8 Å². The van der Waals surface area contributed by atoms with E-state index >= 15 is 0 Å². The van der Waals surface area contributed by atoms with Crippen LogP contribution in [0.25, 0.3) is 0 Å². The molecule has 1 saturated carbocycles. The van der Waals surface area contributed by atoms with Crippen molar-refractivity contribution in [2.24, 2.45) is 0 Å². The minimum atomic E-state index is -0.267. The minimum absolute atomic E-state index is 0.0255. The van der Waals surface area contributed by atoms with E-state index in [9.17, 15) is 9.59 Å². The molecule has 1 fully saturated rings.